The van der Waals surface area contributed by atoms with E-state index in [2.05, 4.69) is 21.2 Å². The van der Waals surface area contributed by atoms with Gasteiger partial charge in [-0.05, 0) is 42.5 Å². The third-order valence-corrected chi connectivity index (χ3v) is 5.17. The Hall–Kier alpha value is -1.39. The van der Waals surface area contributed by atoms with E-state index < -0.39 is 0 Å². The highest BCUT2D eigenvalue weighted by atomic mass is 79.9. The first kappa shape index (κ1) is 19.4. The molecule has 3 aromatic carbocycles. The summed E-state index contributed by atoms with van der Waals surface area (Å²) in [5.41, 5.74) is 2.75. The van der Waals surface area contributed by atoms with Gasteiger partial charge < -0.3 is 10.1 Å². The lowest BCUT2D eigenvalue weighted by Gasteiger charge is -2.15. The molecule has 0 saturated carbocycles. The first-order chi connectivity index (χ1) is 12.5. The largest absolute Gasteiger partial charge is 0.488 e. The second kappa shape index (κ2) is 9.01. The molecule has 0 atom stereocenters. The van der Waals surface area contributed by atoms with Gasteiger partial charge in [0.25, 0.3) is 0 Å². The van der Waals surface area contributed by atoms with Crippen molar-refractivity contribution in [3.63, 3.8) is 0 Å². The Kier molecular flexibility index (Phi) is 6.71. The van der Waals surface area contributed by atoms with Gasteiger partial charge in [0.2, 0.25) is 0 Å². The smallest absolute Gasteiger partial charge is 0.124 e. The maximum atomic E-state index is 6.22. The van der Waals surface area contributed by atoms with Crippen LogP contribution in [0, 0.1) is 0 Å². The van der Waals surface area contributed by atoms with Crippen molar-refractivity contribution in [2.45, 2.75) is 13.2 Å². The molecule has 6 heteroatoms. The zero-order valence-electron chi connectivity index (χ0n) is 13.6. The lowest BCUT2D eigenvalue weighted by atomic mass is 10.2. The Bertz CT molecular complexity index is 917. The highest BCUT2D eigenvalue weighted by Gasteiger charge is 2.08. The Labute approximate surface area is 176 Å². The molecular formula is C20H15BrCl3NO. The lowest BCUT2D eigenvalue weighted by molar-refractivity contribution is 0.303. The third-order valence-electron chi connectivity index (χ3n) is 3.76. The molecule has 0 spiro atoms. The fourth-order valence-electron chi connectivity index (χ4n) is 2.42. The van der Waals surface area contributed by atoms with E-state index >= 15 is 0 Å². The minimum Gasteiger partial charge on any atom is -0.488 e. The van der Waals surface area contributed by atoms with Gasteiger partial charge >= 0.3 is 0 Å². The van der Waals surface area contributed by atoms with E-state index in [-0.39, 0.29) is 0 Å². The standard InChI is InChI=1S/C20H15BrCl3NO/c21-15-5-8-20(26-12-13-3-1-2-4-17(13)23)14(9-15)11-25-19-7-6-16(22)10-18(19)24/h1-10,25H,11-12H2. The Balaban J connectivity index is 1.74. The first-order valence-electron chi connectivity index (χ1n) is 7.86. The molecule has 3 aromatic rings. The second-order valence-corrected chi connectivity index (χ2v) is 7.78. The van der Waals surface area contributed by atoms with Crippen LogP contribution in [0.3, 0.4) is 0 Å². The van der Waals surface area contributed by atoms with E-state index in [9.17, 15) is 0 Å². The van der Waals surface area contributed by atoms with Crippen LogP contribution in [0.25, 0.3) is 0 Å². The Morgan fingerprint density at radius 2 is 1.65 bits per heavy atom. The van der Waals surface area contributed by atoms with Crippen LogP contribution in [-0.2, 0) is 13.2 Å². The summed E-state index contributed by atoms with van der Waals surface area (Å²) in [4.78, 5) is 0. The van der Waals surface area contributed by atoms with Crippen molar-refractivity contribution in [2.75, 3.05) is 5.32 Å². The molecule has 0 aliphatic rings. The average molecular weight is 472 g/mol. The fourth-order valence-corrected chi connectivity index (χ4v) is 3.50. The molecule has 0 aromatic heterocycles. The van der Waals surface area contributed by atoms with Gasteiger partial charge in [0, 0.05) is 32.2 Å². The van der Waals surface area contributed by atoms with Crippen LogP contribution in [0.15, 0.2) is 65.1 Å². The number of nitrogens with one attached hydrogen (secondary N) is 1. The van der Waals surface area contributed by atoms with Crippen LogP contribution in [0.4, 0.5) is 5.69 Å². The van der Waals surface area contributed by atoms with Crippen molar-refractivity contribution in [2.24, 2.45) is 0 Å². The van der Waals surface area contributed by atoms with E-state index in [1.54, 1.807) is 12.1 Å². The quantitative estimate of drug-likeness (QED) is 0.400. The van der Waals surface area contributed by atoms with E-state index in [4.69, 9.17) is 39.5 Å². The van der Waals surface area contributed by atoms with Gasteiger partial charge in [0.15, 0.2) is 0 Å². The van der Waals surface area contributed by atoms with Gasteiger partial charge in [0.1, 0.15) is 12.4 Å². The zero-order chi connectivity index (χ0) is 18.5. The van der Waals surface area contributed by atoms with Crippen LogP contribution in [0.1, 0.15) is 11.1 Å². The van der Waals surface area contributed by atoms with E-state index in [0.29, 0.717) is 28.2 Å². The van der Waals surface area contributed by atoms with Crippen molar-refractivity contribution in [3.8, 4) is 5.75 Å². The predicted octanol–water partition coefficient (Wildman–Crippen LogP) is 7.60. The summed E-state index contributed by atoms with van der Waals surface area (Å²) >= 11 is 21.9. The highest BCUT2D eigenvalue weighted by Crippen LogP contribution is 2.29. The molecule has 0 fully saturated rings. The minimum absolute atomic E-state index is 0.399. The Morgan fingerprint density at radius 1 is 0.846 bits per heavy atom. The summed E-state index contributed by atoms with van der Waals surface area (Å²) in [5, 5.41) is 5.19. The van der Waals surface area contributed by atoms with Crippen LogP contribution in [0.2, 0.25) is 15.1 Å². The van der Waals surface area contributed by atoms with Crippen LogP contribution >= 0.6 is 50.7 Å². The number of benzene rings is 3. The van der Waals surface area contributed by atoms with Gasteiger partial charge in [0.05, 0.1) is 10.7 Å². The molecule has 0 amide bonds. The number of rotatable bonds is 6. The van der Waals surface area contributed by atoms with Gasteiger partial charge in [-0.3, -0.25) is 0 Å². The van der Waals surface area contributed by atoms with Gasteiger partial charge in [-0.25, -0.2) is 0 Å². The van der Waals surface area contributed by atoms with Crippen LogP contribution in [-0.4, -0.2) is 0 Å². The van der Waals surface area contributed by atoms with Crippen molar-refractivity contribution < 1.29 is 4.74 Å². The topological polar surface area (TPSA) is 21.3 Å². The van der Waals surface area contributed by atoms with Crippen LogP contribution < -0.4 is 10.1 Å². The number of hydrogen-bond acceptors (Lipinski definition) is 2. The summed E-state index contributed by atoms with van der Waals surface area (Å²) < 4.78 is 6.97. The molecule has 3 rings (SSSR count). The minimum atomic E-state index is 0.399. The van der Waals surface area contributed by atoms with E-state index in [1.807, 2.05) is 48.5 Å². The SMILES string of the molecule is Clc1ccc(NCc2cc(Br)ccc2OCc2ccccc2Cl)c(Cl)c1. The molecule has 0 aliphatic heterocycles. The molecule has 1 N–H and O–H groups in total. The van der Waals surface area contributed by atoms with Crippen LogP contribution in [0.5, 0.6) is 5.75 Å². The van der Waals surface area contributed by atoms with Gasteiger partial charge in [-0.1, -0.05) is 68.9 Å². The molecule has 0 saturated heterocycles. The van der Waals surface area contributed by atoms with E-state index in [1.165, 1.54) is 0 Å². The molecule has 0 bridgehead atoms. The van der Waals surface area contributed by atoms with Gasteiger partial charge in [-0.15, -0.1) is 0 Å². The molecular weight excluding hydrogens is 456 g/mol. The predicted molar refractivity (Wildman–Crippen MR) is 114 cm³/mol. The maximum Gasteiger partial charge on any atom is 0.124 e. The molecule has 0 aliphatic carbocycles. The van der Waals surface area contributed by atoms with Gasteiger partial charge in [-0.2, -0.15) is 0 Å². The maximum absolute atomic E-state index is 6.22. The summed E-state index contributed by atoms with van der Waals surface area (Å²) in [5.74, 6) is 0.783. The Morgan fingerprint density at radius 3 is 2.42 bits per heavy atom. The normalized spacial score (nSPS) is 10.6. The van der Waals surface area contributed by atoms with E-state index in [0.717, 1.165) is 27.0 Å². The van der Waals surface area contributed by atoms with Crippen molar-refractivity contribution in [3.05, 3.63) is 91.3 Å². The molecule has 0 heterocycles. The molecule has 0 radical (unpaired) electrons. The van der Waals surface area contributed by atoms with Crippen molar-refractivity contribution in [1.82, 2.24) is 0 Å². The second-order valence-electron chi connectivity index (χ2n) is 5.61. The molecule has 26 heavy (non-hydrogen) atoms. The lowest BCUT2D eigenvalue weighted by Crippen LogP contribution is -2.04. The number of ether oxygens (including phenoxy) is 1. The van der Waals surface area contributed by atoms with Crippen molar-refractivity contribution >= 4 is 56.4 Å². The third kappa shape index (κ3) is 5.08. The summed E-state index contributed by atoms with van der Waals surface area (Å²) in [6.07, 6.45) is 0. The zero-order valence-corrected chi connectivity index (χ0v) is 17.5. The summed E-state index contributed by atoms with van der Waals surface area (Å²) in [6.45, 7) is 0.953. The van der Waals surface area contributed by atoms with Crippen molar-refractivity contribution in [1.29, 1.82) is 0 Å². The summed E-state index contributed by atoms with van der Waals surface area (Å²) in [7, 11) is 0. The molecule has 134 valence electrons. The average Bonchev–Trinajstić information content (AvgIpc) is 2.61. The summed E-state index contributed by atoms with van der Waals surface area (Å²) in [6, 6.07) is 18.9. The first-order valence-corrected chi connectivity index (χ1v) is 9.79. The highest BCUT2D eigenvalue weighted by molar-refractivity contribution is 9.10. The molecule has 2 nitrogen and oxygen atoms in total. The fraction of sp³-hybridized carbons (Fsp3) is 0.100. The number of anilines is 1. The molecule has 0 unspecified atom stereocenters. The monoisotopic (exact) mass is 469 g/mol. The number of halogens is 4. The number of hydrogen-bond donors (Lipinski definition) is 1.